The van der Waals surface area contributed by atoms with Crippen LogP contribution in [-0.2, 0) is 13.0 Å². The molecule has 0 unspecified atom stereocenters. The van der Waals surface area contributed by atoms with Gasteiger partial charge in [-0.25, -0.2) is 4.98 Å². The van der Waals surface area contributed by atoms with Crippen molar-refractivity contribution in [1.82, 2.24) is 30.3 Å². The highest BCUT2D eigenvalue weighted by Crippen LogP contribution is 2.24. The van der Waals surface area contributed by atoms with Gasteiger partial charge in [-0.1, -0.05) is 0 Å². The van der Waals surface area contributed by atoms with Crippen molar-refractivity contribution in [2.24, 2.45) is 5.92 Å². The average molecular weight is 349 g/mol. The molecule has 4 heterocycles. The van der Waals surface area contributed by atoms with E-state index < -0.39 is 0 Å². The zero-order valence-corrected chi connectivity index (χ0v) is 14.3. The second-order valence-corrected chi connectivity index (χ2v) is 6.34. The molecular weight excluding hydrogens is 328 g/mol. The maximum Gasteiger partial charge on any atom is 0.181 e. The molecule has 0 aliphatic carbocycles. The van der Waals surface area contributed by atoms with E-state index in [1.165, 1.54) is 0 Å². The number of β-amino-alcohol motifs (C(OH)–C–C–N with tert-alkyl or cyclic N) is 1. The van der Waals surface area contributed by atoms with Crippen LogP contribution in [0, 0.1) is 12.8 Å². The van der Waals surface area contributed by atoms with Gasteiger partial charge in [0.05, 0.1) is 17.5 Å². The number of aliphatic hydroxyl groups excluding tert-OH is 1. The van der Waals surface area contributed by atoms with Crippen LogP contribution in [0.3, 0.4) is 0 Å². The van der Waals surface area contributed by atoms with E-state index in [0.29, 0.717) is 6.54 Å². The molecule has 1 aliphatic heterocycles. The Hall–Kier alpha value is -1.96. The summed E-state index contributed by atoms with van der Waals surface area (Å²) < 4.78 is 0. The fourth-order valence-electron chi connectivity index (χ4n) is 3.37. The van der Waals surface area contributed by atoms with Crippen LogP contribution in [0.2, 0.25) is 0 Å². The van der Waals surface area contributed by atoms with Gasteiger partial charge < -0.3 is 5.11 Å². The molecule has 0 radical (unpaired) electrons. The number of hydrogen-bond acceptors (Lipinski definition) is 5. The largest absolute Gasteiger partial charge is 0.391 e. The minimum absolute atomic E-state index is 0. The number of aliphatic hydroxyl groups is 1. The number of nitrogens with one attached hydrogen (secondary N) is 2. The van der Waals surface area contributed by atoms with Crippen molar-refractivity contribution in [3.63, 3.8) is 0 Å². The van der Waals surface area contributed by atoms with Crippen LogP contribution in [0.4, 0.5) is 0 Å². The number of hydrogen-bond donors (Lipinski definition) is 3. The summed E-state index contributed by atoms with van der Waals surface area (Å²) in [6.45, 7) is 4.27. The Kier molecular flexibility index (Phi) is 4.84. The van der Waals surface area contributed by atoms with E-state index in [0.717, 1.165) is 47.6 Å². The van der Waals surface area contributed by atoms with E-state index in [-0.39, 0.29) is 24.4 Å². The van der Waals surface area contributed by atoms with Crippen LogP contribution in [0.1, 0.15) is 17.1 Å². The summed E-state index contributed by atoms with van der Waals surface area (Å²) >= 11 is 0. The second-order valence-electron chi connectivity index (χ2n) is 6.34. The van der Waals surface area contributed by atoms with E-state index in [1.807, 2.05) is 25.1 Å². The highest BCUT2D eigenvalue weighted by Gasteiger charge is 2.32. The van der Waals surface area contributed by atoms with Crippen molar-refractivity contribution in [3.8, 4) is 0 Å². The number of H-pyrrole nitrogens is 2. The molecule has 8 heteroatoms. The average Bonchev–Trinajstić information content (AvgIpc) is 3.22. The lowest BCUT2D eigenvalue weighted by Gasteiger charge is -2.14. The molecule has 7 nitrogen and oxygen atoms in total. The first-order valence-corrected chi connectivity index (χ1v) is 7.88. The summed E-state index contributed by atoms with van der Waals surface area (Å²) in [4.78, 5) is 6.50. The SMILES string of the molecule is Cc1cc(C[C@@H]2CN(Cc3[nH]nc4ncccc34)C[C@@H]2O)n[nH]1.Cl. The van der Waals surface area contributed by atoms with Gasteiger partial charge in [0.25, 0.3) is 0 Å². The molecule has 0 saturated carbocycles. The van der Waals surface area contributed by atoms with Crippen molar-refractivity contribution in [3.05, 3.63) is 41.5 Å². The van der Waals surface area contributed by atoms with Crippen LogP contribution >= 0.6 is 12.4 Å². The molecule has 0 bridgehead atoms. The fraction of sp³-hybridized carbons (Fsp3) is 0.438. The van der Waals surface area contributed by atoms with Gasteiger partial charge in [0.2, 0.25) is 0 Å². The Balaban J connectivity index is 0.00000169. The molecule has 1 aliphatic rings. The Labute approximate surface area is 145 Å². The Morgan fingerprint density at radius 3 is 2.96 bits per heavy atom. The summed E-state index contributed by atoms with van der Waals surface area (Å²) in [6.07, 6.45) is 2.22. The van der Waals surface area contributed by atoms with Gasteiger partial charge in [0.15, 0.2) is 5.65 Å². The van der Waals surface area contributed by atoms with E-state index in [2.05, 4.69) is 30.3 Å². The number of likely N-dealkylation sites (tertiary alicyclic amines) is 1. The number of rotatable bonds is 4. The van der Waals surface area contributed by atoms with Gasteiger partial charge >= 0.3 is 0 Å². The van der Waals surface area contributed by atoms with Crippen molar-refractivity contribution < 1.29 is 5.11 Å². The molecule has 0 aromatic carbocycles. The molecule has 1 saturated heterocycles. The maximum absolute atomic E-state index is 10.4. The zero-order chi connectivity index (χ0) is 15.8. The van der Waals surface area contributed by atoms with Gasteiger partial charge in [0.1, 0.15) is 0 Å². The number of nitrogens with zero attached hydrogens (tertiary/aromatic N) is 4. The number of fused-ring (bicyclic) bond motifs is 1. The van der Waals surface area contributed by atoms with Gasteiger partial charge in [-0.3, -0.25) is 15.1 Å². The van der Waals surface area contributed by atoms with Crippen LogP contribution in [0.15, 0.2) is 24.4 Å². The van der Waals surface area contributed by atoms with Crippen LogP contribution in [0.25, 0.3) is 11.0 Å². The lowest BCUT2D eigenvalue weighted by Crippen LogP contribution is -2.21. The standard InChI is InChI=1S/C16H20N6O.ClH/c1-10-5-12(19-18-10)6-11-7-22(9-15(11)23)8-14-13-3-2-4-17-16(13)21-20-14;/h2-5,11,15,23H,6-9H2,1H3,(H,18,19)(H,17,20,21);1H/t11-,15+;/m1./s1. The highest BCUT2D eigenvalue weighted by molar-refractivity contribution is 5.85. The van der Waals surface area contributed by atoms with Crippen LogP contribution in [-0.4, -0.2) is 54.6 Å². The van der Waals surface area contributed by atoms with Gasteiger partial charge in [-0.2, -0.15) is 10.2 Å². The fourth-order valence-corrected chi connectivity index (χ4v) is 3.37. The van der Waals surface area contributed by atoms with Crippen molar-refractivity contribution >= 4 is 23.4 Å². The maximum atomic E-state index is 10.4. The van der Waals surface area contributed by atoms with Gasteiger partial charge in [0, 0.05) is 42.8 Å². The molecule has 2 atom stereocenters. The molecule has 3 aromatic heterocycles. The minimum Gasteiger partial charge on any atom is -0.391 e. The van der Waals surface area contributed by atoms with E-state index >= 15 is 0 Å². The normalized spacial score (nSPS) is 21.2. The molecule has 128 valence electrons. The van der Waals surface area contributed by atoms with E-state index in [1.54, 1.807) is 6.20 Å². The Morgan fingerprint density at radius 2 is 2.17 bits per heavy atom. The van der Waals surface area contributed by atoms with Crippen LogP contribution < -0.4 is 0 Å². The van der Waals surface area contributed by atoms with E-state index in [9.17, 15) is 5.11 Å². The molecule has 0 amide bonds. The predicted molar refractivity (Wildman–Crippen MR) is 92.9 cm³/mol. The number of pyridine rings is 1. The van der Waals surface area contributed by atoms with E-state index in [4.69, 9.17) is 0 Å². The number of aromatic amines is 2. The third kappa shape index (κ3) is 3.28. The van der Waals surface area contributed by atoms with Crippen molar-refractivity contribution in [2.75, 3.05) is 13.1 Å². The van der Waals surface area contributed by atoms with Crippen molar-refractivity contribution in [2.45, 2.75) is 26.0 Å². The third-order valence-corrected chi connectivity index (χ3v) is 4.50. The summed E-state index contributed by atoms with van der Waals surface area (Å²) in [5.41, 5.74) is 3.87. The summed E-state index contributed by atoms with van der Waals surface area (Å²) in [7, 11) is 0. The van der Waals surface area contributed by atoms with Crippen molar-refractivity contribution in [1.29, 1.82) is 0 Å². The number of aromatic nitrogens is 5. The topological polar surface area (TPSA) is 93.7 Å². The first kappa shape index (κ1) is 16.9. The molecule has 3 aromatic rings. The molecule has 1 fully saturated rings. The molecule has 24 heavy (non-hydrogen) atoms. The zero-order valence-electron chi connectivity index (χ0n) is 13.4. The summed E-state index contributed by atoms with van der Waals surface area (Å²) in [5, 5.41) is 25.9. The molecule has 4 rings (SSSR count). The van der Waals surface area contributed by atoms with Crippen LogP contribution in [0.5, 0.6) is 0 Å². The quantitative estimate of drug-likeness (QED) is 0.663. The number of halogens is 1. The first-order chi connectivity index (χ1) is 11.2. The molecular formula is C16H21ClN6O. The highest BCUT2D eigenvalue weighted by atomic mass is 35.5. The Bertz CT molecular complexity index is 816. The first-order valence-electron chi connectivity index (χ1n) is 7.88. The van der Waals surface area contributed by atoms with Gasteiger partial charge in [-0.05, 0) is 31.5 Å². The monoisotopic (exact) mass is 348 g/mol. The molecule has 0 spiro atoms. The third-order valence-electron chi connectivity index (χ3n) is 4.50. The second kappa shape index (κ2) is 6.88. The smallest absolute Gasteiger partial charge is 0.181 e. The molecule has 3 N–H and O–H groups in total. The lowest BCUT2D eigenvalue weighted by atomic mass is 10.0. The predicted octanol–water partition coefficient (Wildman–Crippen LogP) is 1.45. The minimum atomic E-state index is -0.320. The summed E-state index contributed by atoms with van der Waals surface area (Å²) in [6, 6.07) is 5.99. The number of aryl methyl sites for hydroxylation is 1. The van der Waals surface area contributed by atoms with Gasteiger partial charge in [-0.15, -0.1) is 12.4 Å². The Morgan fingerprint density at radius 1 is 1.29 bits per heavy atom. The summed E-state index contributed by atoms with van der Waals surface area (Å²) in [5.74, 6) is 0.213. The lowest BCUT2D eigenvalue weighted by molar-refractivity contribution is 0.140.